The summed E-state index contributed by atoms with van der Waals surface area (Å²) < 4.78 is 17.3. The number of hydrogen-bond donors (Lipinski definition) is 0. The Morgan fingerprint density at radius 1 is 0.929 bits per heavy atom. The lowest BCUT2D eigenvalue weighted by Gasteiger charge is -2.17. The van der Waals surface area contributed by atoms with Crippen molar-refractivity contribution < 1.29 is 19.0 Å². The van der Waals surface area contributed by atoms with Crippen LogP contribution >= 0.6 is 0 Å². The zero-order chi connectivity index (χ0) is 20.4. The van der Waals surface area contributed by atoms with Crippen molar-refractivity contribution in [3.63, 3.8) is 0 Å². The highest BCUT2D eigenvalue weighted by atomic mass is 16.6. The molecular weight excluding hydrogens is 352 g/mol. The summed E-state index contributed by atoms with van der Waals surface area (Å²) in [4.78, 5) is 12.6. The number of benzene rings is 2. The minimum atomic E-state index is -0.398. The van der Waals surface area contributed by atoms with E-state index in [0.29, 0.717) is 17.1 Å². The molecule has 28 heavy (non-hydrogen) atoms. The van der Waals surface area contributed by atoms with Gasteiger partial charge in [-0.15, -0.1) is 0 Å². The highest BCUT2D eigenvalue weighted by Gasteiger charge is 2.15. The Bertz CT molecular complexity index is 724. The summed E-state index contributed by atoms with van der Waals surface area (Å²) >= 11 is 0. The molecule has 4 nitrogen and oxygen atoms in total. The van der Waals surface area contributed by atoms with Gasteiger partial charge in [0.1, 0.15) is 0 Å². The van der Waals surface area contributed by atoms with Crippen molar-refractivity contribution in [3.05, 3.63) is 59.7 Å². The Morgan fingerprint density at radius 3 is 2.25 bits per heavy atom. The number of para-hydroxylation sites is 2. The Hall–Kier alpha value is -2.33. The molecule has 4 heteroatoms. The molecule has 0 saturated heterocycles. The number of esters is 1. The zero-order valence-corrected chi connectivity index (χ0v) is 17.4. The molecule has 0 fully saturated rings. The maximum absolute atomic E-state index is 12.6. The van der Waals surface area contributed by atoms with Gasteiger partial charge in [0.15, 0.2) is 11.5 Å². The molecule has 0 N–H and O–H groups in total. The topological polar surface area (TPSA) is 44.8 Å². The van der Waals surface area contributed by atoms with Gasteiger partial charge < -0.3 is 14.2 Å². The minimum absolute atomic E-state index is 0.00537. The molecule has 2 atom stereocenters. The molecule has 0 bridgehead atoms. The van der Waals surface area contributed by atoms with Crippen molar-refractivity contribution in [2.75, 3.05) is 6.61 Å². The molecule has 2 rings (SSSR count). The average molecular weight is 385 g/mol. The quantitative estimate of drug-likeness (QED) is 0.257. The summed E-state index contributed by atoms with van der Waals surface area (Å²) in [6, 6.07) is 14.7. The minimum Gasteiger partial charge on any atom is -0.487 e. The van der Waals surface area contributed by atoms with E-state index in [1.165, 1.54) is 0 Å². The van der Waals surface area contributed by atoms with Crippen molar-refractivity contribution in [2.45, 2.75) is 65.6 Å². The predicted octanol–water partition coefficient (Wildman–Crippen LogP) is 6.35. The van der Waals surface area contributed by atoms with E-state index < -0.39 is 5.97 Å². The number of unbranched alkanes of at least 4 members (excludes halogenated alkanes) is 1. The maximum atomic E-state index is 12.6. The SMILES string of the molecule is CCCCOC(C)c1ccc(C(=O)Oc2ccccc2OC(C)CCC)cc1. The molecule has 0 aliphatic rings. The second-order valence-electron chi connectivity index (χ2n) is 7.04. The average Bonchev–Trinajstić information content (AvgIpc) is 2.70. The van der Waals surface area contributed by atoms with Crippen molar-refractivity contribution in [1.29, 1.82) is 0 Å². The monoisotopic (exact) mass is 384 g/mol. The van der Waals surface area contributed by atoms with Crippen LogP contribution in [-0.4, -0.2) is 18.7 Å². The van der Waals surface area contributed by atoms with Gasteiger partial charge >= 0.3 is 5.97 Å². The summed E-state index contributed by atoms with van der Waals surface area (Å²) in [6.07, 6.45) is 4.22. The fraction of sp³-hybridized carbons (Fsp3) is 0.458. The first kappa shape index (κ1) is 22.0. The molecule has 0 heterocycles. The molecular formula is C24H32O4. The lowest BCUT2D eigenvalue weighted by atomic mass is 10.1. The van der Waals surface area contributed by atoms with Gasteiger partial charge in [-0.05, 0) is 56.5 Å². The highest BCUT2D eigenvalue weighted by molar-refractivity contribution is 5.91. The van der Waals surface area contributed by atoms with E-state index >= 15 is 0 Å². The second kappa shape index (κ2) is 11.5. The molecule has 2 aromatic rings. The molecule has 0 spiro atoms. The van der Waals surface area contributed by atoms with Crippen molar-refractivity contribution in [2.24, 2.45) is 0 Å². The van der Waals surface area contributed by atoms with Crippen LogP contribution in [0.5, 0.6) is 11.5 Å². The first-order valence-corrected chi connectivity index (χ1v) is 10.2. The number of hydrogen-bond acceptors (Lipinski definition) is 4. The van der Waals surface area contributed by atoms with Crippen LogP contribution in [0.2, 0.25) is 0 Å². The molecule has 0 aliphatic heterocycles. The fourth-order valence-corrected chi connectivity index (χ4v) is 2.86. The molecule has 2 aromatic carbocycles. The van der Waals surface area contributed by atoms with Crippen LogP contribution in [0.3, 0.4) is 0 Å². The third-order valence-corrected chi connectivity index (χ3v) is 4.56. The van der Waals surface area contributed by atoms with Crippen LogP contribution < -0.4 is 9.47 Å². The van der Waals surface area contributed by atoms with Crippen LogP contribution in [0.4, 0.5) is 0 Å². The van der Waals surface area contributed by atoms with Gasteiger partial charge in [0, 0.05) is 6.61 Å². The van der Waals surface area contributed by atoms with Crippen LogP contribution in [0.1, 0.15) is 75.4 Å². The van der Waals surface area contributed by atoms with Gasteiger partial charge in [-0.1, -0.05) is 51.0 Å². The van der Waals surface area contributed by atoms with Crippen LogP contribution in [0.25, 0.3) is 0 Å². The van der Waals surface area contributed by atoms with Crippen LogP contribution in [-0.2, 0) is 4.74 Å². The zero-order valence-electron chi connectivity index (χ0n) is 17.4. The largest absolute Gasteiger partial charge is 0.487 e. The van der Waals surface area contributed by atoms with Gasteiger partial charge in [-0.3, -0.25) is 0 Å². The normalized spacial score (nSPS) is 13.0. The van der Waals surface area contributed by atoms with Crippen LogP contribution in [0.15, 0.2) is 48.5 Å². The third-order valence-electron chi connectivity index (χ3n) is 4.56. The van der Waals surface area contributed by atoms with E-state index in [1.807, 2.05) is 44.2 Å². The fourth-order valence-electron chi connectivity index (χ4n) is 2.86. The Kier molecular flexibility index (Phi) is 9.02. The van der Waals surface area contributed by atoms with E-state index in [0.717, 1.165) is 37.9 Å². The van der Waals surface area contributed by atoms with E-state index in [1.54, 1.807) is 18.2 Å². The number of rotatable bonds is 11. The van der Waals surface area contributed by atoms with Gasteiger partial charge in [-0.25, -0.2) is 4.79 Å². The Labute approximate surface area is 168 Å². The molecule has 0 aliphatic carbocycles. The van der Waals surface area contributed by atoms with Gasteiger partial charge in [-0.2, -0.15) is 0 Å². The highest BCUT2D eigenvalue weighted by Crippen LogP contribution is 2.29. The van der Waals surface area contributed by atoms with E-state index in [9.17, 15) is 4.79 Å². The van der Waals surface area contributed by atoms with Crippen molar-refractivity contribution in [1.82, 2.24) is 0 Å². The first-order chi connectivity index (χ1) is 13.5. The third kappa shape index (κ3) is 6.68. The summed E-state index contributed by atoms with van der Waals surface area (Å²) in [5.41, 5.74) is 1.55. The number of carbonyl (C=O) groups is 1. The summed E-state index contributed by atoms with van der Waals surface area (Å²) in [6.45, 7) is 9.04. The maximum Gasteiger partial charge on any atom is 0.343 e. The van der Waals surface area contributed by atoms with Gasteiger partial charge in [0.05, 0.1) is 17.8 Å². The van der Waals surface area contributed by atoms with Crippen LogP contribution in [0, 0.1) is 0 Å². The molecule has 152 valence electrons. The molecule has 0 aromatic heterocycles. The Balaban J connectivity index is 2.01. The molecule has 2 unspecified atom stereocenters. The van der Waals surface area contributed by atoms with Gasteiger partial charge in [0.2, 0.25) is 0 Å². The van der Waals surface area contributed by atoms with Crippen molar-refractivity contribution >= 4 is 5.97 Å². The summed E-state index contributed by atoms with van der Waals surface area (Å²) in [5, 5.41) is 0. The first-order valence-electron chi connectivity index (χ1n) is 10.2. The van der Waals surface area contributed by atoms with Crippen molar-refractivity contribution in [3.8, 4) is 11.5 Å². The smallest absolute Gasteiger partial charge is 0.343 e. The van der Waals surface area contributed by atoms with E-state index in [2.05, 4.69) is 13.8 Å². The van der Waals surface area contributed by atoms with E-state index in [4.69, 9.17) is 14.2 Å². The Morgan fingerprint density at radius 2 is 1.61 bits per heavy atom. The molecule has 0 radical (unpaired) electrons. The lowest BCUT2D eigenvalue weighted by Crippen LogP contribution is -2.14. The second-order valence-corrected chi connectivity index (χ2v) is 7.04. The predicted molar refractivity (Wildman–Crippen MR) is 112 cm³/mol. The molecule has 0 amide bonds. The summed E-state index contributed by atoms with van der Waals surface area (Å²) in [7, 11) is 0. The van der Waals surface area contributed by atoms with Gasteiger partial charge in [0.25, 0.3) is 0 Å². The number of carbonyl (C=O) groups excluding carboxylic acids is 1. The lowest BCUT2D eigenvalue weighted by molar-refractivity contribution is 0.0635. The summed E-state index contributed by atoms with van der Waals surface area (Å²) in [5.74, 6) is 0.632. The standard InChI is InChI=1S/C24H32O4/c1-5-7-17-26-19(4)20-13-15-21(16-14-20)24(25)28-23-12-9-8-11-22(23)27-18(3)10-6-2/h8-9,11-16,18-19H,5-7,10,17H2,1-4H3. The van der Waals surface area contributed by atoms with E-state index in [-0.39, 0.29) is 12.2 Å². The molecule has 0 saturated carbocycles. The number of ether oxygens (including phenoxy) is 3.